The number of nitrogens with one attached hydrogen (secondary N) is 2. The van der Waals surface area contributed by atoms with Crippen molar-refractivity contribution in [3.8, 4) is 11.5 Å². The first-order chi connectivity index (χ1) is 16.5. The monoisotopic (exact) mass is 520 g/mol. The summed E-state index contributed by atoms with van der Waals surface area (Å²) >= 11 is 0. The van der Waals surface area contributed by atoms with Crippen LogP contribution in [0.2, 0.25) is 0 Å². The molecule has 11 heteroatoms. The number of aliphatic hydroxyl groups is 1. The van der Waals surface area contributed by atoms with Crippen LogP contribution in [0.4, 0.5) is 15.8 Å². The molecule has 8 nitrogen and oxygen atoms in total. The Kier molecular flexibility index (Phi) is 8.32. The van der Waals surface area contributed by atoms with Gasteiger partial charge in [0.1, 0.15) is 16.4 Å². The molecular weight excluding hydrogens is 494 g/mol. The van der Waals surface area contributed by atoms with E-state index in [9.17, 15) is 22.7 Å². The molecule has 0 radical (unpaired) electrons. The second-order valence-corrected chi connectivity index (χ2v) is 10.4. The van der Waals surface area contributed by atoms with Gasteiger partial charge in [-0.05, 0) is 29.8 Å². The fourth-order valence-corrected chi connectivity index (χ4v) is 4.62. The van der Waals surface area contributed by atoms with E-state index in [0.29, 0.717) is 11.3 Å². The van der Waals surface area contributed by atoms with Crippen LogP contribution in [0.1, 0.15) is 18.4 Å². The lowest BCUT2D eigenvalue weighted by molar-refractivity contribution is -0.118. The average Bonchev–Trinajstić information content (AvgIpc) is 2.79. The highest BCUT2D eigenvalue weighted by Gasteiger charge is 2.24. The predicted molar refractivity (Wildman–Crippen MR) is 135 cm³/mol. The number of halogens is 1. The molecule has 0 heterocycles. The van der Waals surface area contributed by atoms with E-state index in [1.807, 2.05) is 9.24 Å². The van der Waals surface area contributed by atoms with Gasteiger partial charge in [0.2, 0.25) is 5.91 Å². The summed E-state index contributed by atoms with van der Waals surface area (Å²) in [6, 6.07) is 18.7. The fourth-order valence-electron chi connectivity index (χ4n) is 3.29. The van der Waals surface area contributed by atoms with Gasteiger partial charge < -0.3 is 19.9 Å². The van der Waals surface area contributed by atoms with Crippen LogP contribution in [0, 0.1) is 0 Å². The molecule has 3 aromatic carbocycles. The van der Waals surface area contributed by atoms with Crippen molar-refractivity contribution in [2.45, 2.75) is 23.3 Å². The van der Waals surface area contributed by atoms with E-state index in [-0.39, 0.29) is 22.1 Å². The molecule has 0 aliphatic heterocycles. The molecule has 35 heavy (non-hydrogen) atoms. The van der Waals surface area contributed by atoms with E-state index >= 15 is 0 Å². The molecule has 0 fully saturated rings. The molecule has 1 amide bonds. The molecule has 0 aliphatic carbocycles. The molecule has 0 saturated carbocycles. The van der Waals surface area contributed by atoms with Gasteiger partial charge in [-0.25, -0.2) is 8.42 Å². The number of aliphatic hydroxyl groups excluding tert-OH is 1. The van der Waals surface area contributed by atoms with E-state index in [1.54, 1.807) is 30.3 Å². The molecule has 0 aliphatic rings. The molecule has 0 bridgehead atoms. The molecule has 3 aromatic rings. The summed E-state index contributed by atoms with van der Waals surface area (Å²) in [5.41, 5.74) is -0.928. The quantitative estimate of drug-likeness (QED) is 0.347. The summed E-state index contributed by atoms with van der Waals surface area (Å²) in [6.07, 6.45) is 0. The maximum atomic E-state index is 13.7. The number of benzene rings is 3. The zero-order chi connectivity index (χ0) is 25.6. The lowest BCUT2D eigenvalue weighted by atomic mass is 9.99. The molecule has 0 saturated heterocycles. The van der Waals surface area contributed by atoms with Gasteiger partial charge in [0.05, 0.1) is 25.3 Å². The van der Waals surface area contributed by atoms with Crippen molar-refractivity contribution in [3.05, 3.63) is 78.4 Å². The Balaban J connectivity index is 1.81. The van der Waals surface area contributed by atoms with Crippen LogP contribution in [0.3, 0.4) is 0 Å². The molecule has 0 spiro atoms. The van der Waals surface area contributed by atoms with Gasteiger partial charge in [0, 0.05) is 24.7 Å². The third-order valence-corrected chi connectivity index (χ3v) is 6.36. The molecule has 0 aromatic heterocycles. The van der Waals surface area contributed by atoms with E-state index in [2.05, 4.69) is 10.0 Å². The zero-order valence-corrected chi connectivity index (χ0v) is 21.0. The van der Waals surface area contributed by atoms with Gasteiger partial charge in [-0.3, -0.25) is 9.52 Å². The lowest BCUT2D eigenvalue weighted by Crippen LogP contribution is -2.24. The standard InChI is InChI=1S/C24H26FN2O6PS/c1-24(25,34)33-19-10-6-9-18(13-19)27-35(30,31)22-12-11-17(14-21(22)32-2)26-23(29)20(15-28)16-7-4-3-5-8-16/h3-14,20,27-28H,15,34H2,1-2H3,(H,26,29)/t20-,24?/m0/s1. The van der Waals surface area contributed by atoms with Crippen LogP contribution in [0.25, 0.3) is 0 Å². The number of methoxy groups -OCH3 is 1. The Morgan fingerprint density at radius 1 is 1.09 bits per heavy atom. The van der Waals surface area contributed by atoms with Crippen molar-refractivity contribution in [3.63, 3.8) is 0 Å². The highest BCUT2D eigenvalue weighted by atomic mass is 32.2. The van der Waals surface area contributed by atoms with Crippen LogP contribution < -0.4 is 19.5 Å². The van der Waals surface area contributed by atoms with E-state index < -0.39 is 34.1 Å². The lowest BCUT2D eigenvalue weighted by Gasteiger charge is -2.18. The summed E-state index contributed by atoms with van der Waals surface area (Å²) in [7, 11) is -0.912. The smallest absolute Gasteiger partial charge is 0.265 e. The van der Waals surface area contributed by atoms with Crippen LogP contribution >= 0.6 is 9.24 Å². The Morgan fingerprint density at radius 3 is 2.43 bits per heavy atom. The number of carbonyl (C=O) groups is 1. The van der Waals surface area contributed by atoms with Crippen molar-refractivity contribution in [2.75, 3.05) is 23.8 Å². The molecule has 3 atom stereocenters. The van der Waals surface area contributed by atoms with Crippen molar-refractivity contribution >= 4 is 36.5 Å². The van der Waals surface area contributed by atoms with Crippen LogP contribution in [0.15, 0.2) is 77.7 Å². The number of hydrogen-bond acceptors (Lipinski definition) is 6. The number of amides is 1. The third-order valence-electron chi connectivity index (χ3n) is 4.83. The Hall–Kier alpha value is -3.20. The van der Waals surface area contributed by atoms with Gasteiger partial charge in [-0.1, -0.05) is 45.6 Å². The van der Waals surface area contributed by atoms with Crippen LogP contribution in [0.5, 0.6) is 11.5 Å². The number of rotatable bonds is 10. The fraction of sp³-hybridized carbons (Fsp3) is 0.208. The van der Waals surface area contributed by atoms with Gasteiger partial charge >= 0.3 is 0 Å². The van der Waals surface area contributed by atoms with Crippen molar-refractivity contribution in [2.24, 2.45) is 0 Å². The Bertz CT molecular complexity index is 1280. The van der Waals surface area contributed by atoms with Crippen molar-refractivity contribution in [1.29, 1.82) is 0 Å². The number of alkyl halides is 1. The summed E-state index contributed by atoms with van der Waals surface area (Å²) < 4.78 is 52.5. The van der Waals surface area contributed by atoms with Gasteiger partial charge in [0.15, 0.2) is 0 Å². The first-order valence-electron chi connectivity index (χ1n) is 10.5. The maximum Gasteiger partial charge on any atom is 0.265 e. The number of anilines is 2. The summed E-state index contributed by atoms with van der Waals surface area (Å²) in [5.74, 6) is -1.13. The summed E-state index contributed by atoms with van der Waals surface area (Å²) in [6.45, 7) is 0.798. The van der Waals surface area contributed by atoms with E-state index in [0.717, 1.165) is 0 Å². The van der Waals surface area contributed by atoms with E-state index in [4.69, 9.17) is 9.47 Å². The van der Waals surface area contributed by atoms with Gasteiger partial charge in [-0.2, -0.15) is 4.39 Å². The second kappa shape index (κ2) is 11.0. The SMILES string of the molecule is COc1cc(NC(=O)[C@@H](CO)c2ccccc2)ccc1S(=O)(=O)Nc1cccc(OC(C)(F)P)c1. The summed E-state index contributed by atoms with van der Waals surface area (Å²) in [4.78, 5) is 12.5. The third kappa shape index (κ3) is 7.14. The first-order valence-corrected chi connectivity index (χ1v) is 12.5. The molecule has 3 rings (SSSR count). The predicted octanol–water partition coefficient (Wildman–Crippen LogP) is 4.11. The Morgan fingerprint density at radius 2 is 1.80 bits per heavy atom. The van der Waals surface area contributed by atoms with E-state index in [1.165, 1.54) is 56.5 Å². The minimum atomic E-state index is -4.11. The zero-order valence-electron chi connectivity index (χ0n) is 19.1. The normalized spacial score (nSPS) is 13.9. The summed E-state index contributed by atoms with van der Waals surface area (Å²) in [5, 5.41) is 12.4. The topological polar surface area (TPSA) is 114 Å². The second-order valence-electron chi connectivity index (χ2n) is 7.72. The molecule has 2 unspecified atom stereocenters. The highest BCUT2D eigenvalue weighted by molar-refractivity contribution is 7.92. The van der Waals surface area contributed by atoms with Crippen molar-refractivity contribution in [1.82, 2.24) is 0 Å². The maximum absolute atomic E-state index is 13.7. The first kappa shape index (κ1) is 26.4. The minimum Gasteiger partial charge on any atom is -0.495 e. The number of carbonyl (C=O) groups excluding carboxylic acids is 1. The Labute approximate surface area is 205 Å². The largest absolute Gasteiger partial charge is 0.495 e. The number of hydrogen-bond donors (Lipinski definition) is 3. The molecule has 186 valence electrons. The van der Waals surface area contributed by atoms with Gasteiger partial charge in [-0.15, -0.1) is 0 Å². The highest BCUT2D eigenvalue weighted by Crippen LogP contribution is 2.31. The molecule has 3 N–H and O–H groups in total. The molecular formula is C24H26FN2O6PS. The van der Waals surface area contributed by atoms with Gasteiger partial charge in [0.25, 0.3) is 15.6 Å². The average molecular weight is 521 g/mol. The van der Waals surface area contributed by atoms with Crippen LogP contribution in [-0.2, 0) is 14.8 Å². The van der Waals surface area contributed by atoms with Crippen LogP contribution in [-0.4, -0.2) is 38.7 Å². The van der Waals surface area contributed by atoms with Crippen molar-refractivity contribution < 1.29 is 32.2 Å². The number of ether oxygens (including phenoxy) is 2. The minimum absolute atomic E-state index is 0.00995. The number of sulfonamides is 1.